The van der Waals surface area contributed by atoms with E-state index >= 15 is 0 Å². The molecule has 1 fully saturated rings. The van der Waals surface area contributed by atoms with Gasteiger partial charge in [0, 0.05) is 6.54 Å². The smallest absolute Gasteiger partial charge is 0.357 e. The molecule has 5 heteroatoms. The van der Waals surface area contributed by atoms with Crippen LogP contribution in [-0.2, 0) is 14.0 Å². The molecule has 1 amide bonds. The molecular weight excluding hydrogens is 154 g/mol. The summed E-state index contributed by atoms with van der Waals surface area (Å²) < 4.78 is 15.5. The Hall–Kier alpha value is -0.710. The number of amides is 1. The molecule has 1 aliphatic heterocycles. The predicted molar refractivity (Wildman–Crippen MR) is 39.2 cm³/mol. The van der Waals surface area contributed by atoms with Crippen LogP contribution in [0.4, 0.5) is 4.79 Å². The zero-order valence-electron chi connectivity index (χ0n) is 5.46. The lowest BCUT2D eigenvalue weighted by Gasteiger charge is -2.02. The Morgan fingerprint density at radius 1 is 1.70 bits per heavy atom. The van der Waals surface area contributed by atoms with Crippen molar-refractivity contribution in [2.24, 2.45) is 0 Å². The number of rotatable bonds is 0. The van der Waals surface area contributed by atoms with Gasteiger partial charge in [-0.05, 0) is 12.3 Å². The summed E-state index contributed by atoms with van der Waals surface area (Å²) in [5.74, 6) is 3.64. The van der Waals surface area contributed by atoms with Crippen molar-refractivity contribution >= 4 is 21.8 Å². The highest BCUT2D eigenvalue weighted by atomic mass is 32.2. The Bertz CT molecular complexity index is 231. The summed E-state index contributed by atoms with van der Waals surface area (Å²) in [4.78, 5) is 10.5. The molecule has 1 heterocycles. The maximum atomic E-state index is 11.0. The molecule has 0 aliphatic carbocycles. The molecule has 1 rings (SSSR count). The summed E-state index contributed by atoms with van der Waals surface area (Å²) in [5, 5.41) is 2.42. The molecule has 0 aromatic carbocycles. The Labute approximate surface area is 59.8 Å². The van der Waals surface area contributed by atoms with Gasteiger partial charge in [-0.15, -0.1) is 0 Å². The number of carbonyl (C=O) groups excluding carboxylic acids is 1. The molecule has 0 saturated carbocycles. The maximum Gasteiger partial charge on any atom is 0.420 e. The van der Waals surface area contributed by atoms with Crippen molar-refractivity contribution < 1.29 is 13.2 Å². The van der Waals surface area contributed by atoms with Gasteiger partial charge in [0.25, 0.3) is 0 Å². The fourth-order valence-corrected chi connectivity index (χ4v) is 1.69. The molecule has 1 N–H and O–H groups in total. The lowest BCUT2D eigenvalue weighted by atomic mass is 10.5. The monoisotopic (exact) mass is 163 g/mol. The Morgan fingerprint density at radius 2 is 2.40 bits per heavy atom. The van der Waals surface area contributed by atoms with Crippen LogP contribution in [0.2, 0.25) is 0 Å². The lowest BCUT2D eigenvalue weighted by molar-refractivity contribution is 0.207. The van der Waals surface area contributed by atoms with Crippen LogP contribution >= 0.6 is 0 Å². The molecule has 0 spiro atoms. The normalized spacial score (nSPS) is 33.8. The Morgan fingerprint density at radius 3 is 3.10 bits per heavy atom. The van der Waals surface area contributed by atoms with Crippen LogP contribution in [0.15, 0.2) is 0 Å². The average molecular weight is 163 g/mol. The second-order valence-corrected chi connectivity index (χ2v) is 4.16. The summed E-state index contributed by atoms with van der Waals surface area (Å²) in [5.41, 5.74) is 0. The van der Waals surface area contributed by atoms with E-state index in [0.29, 0.717) is 18.7 Å². The first kappa shape index (κ1) is 7.40. The second-order valence-electron chi connectivity index (χ2n) is 2.10. The highest BCUT2D eigenvalue weighted by Crippen LogP contribution is 2.00. The SMILES string of the molecule is C=S1(=O)CCCNC(=O)O1. The van der Waals surface area contributed by atoms with Crippen molar-refractivity contribution in [1.29, 1.82) is 0 Å². The predicted octanol–water partition coefficient (Wildman–Crippen LogP) is -0.252. The zero-order chi connectivity index (χ0) is 7.61. The van der Waals surface area contributed by atoms with E-state index in [-0.39, 0.29) is 0 Å². The van der Waals surface area contributed by atoms with Crippen molar-refractivity contribution in [2.75, 3.05) is 12.3 Å². The van der Waals surface area contributed by atoms with Crippen LogP contribution in [0.3, 0.4) is 0 Å². The van der Waals surface area contributed by atoms with Gasteiger partial charge in [-0.25, -0.2) is 9.00 Å². The summed E-state index contributed by atoms with van der Waals surface area (Å²) in [6.45, 7) is 0.519. The van der Waals surface area contributed by atoms with Gasteiger partial charge in [0.1, 0.15) is 9.80 Å². The van der Waals surface area contributed by atoms with Crippen LogP contribution in [0.5, 0.6) is 0 Å². The first-order valence-corrected chi connectivity index (χ1v) is 4.74. The molecule has 10 heavy (non-hydrogen) atoms. The van der Waals surface area contributed by atoms with Crippen LogP contribution in [0.25, 0.3) is 0 Å². The lowest BCUT2D eigenvalue weighted by Crippen LogP contribution is -2.23. The highest BCUT2D eigenvalue weighted by Gasteiger charge is 2.14. The summed E-state index contributed by atoms with van der Waals surface area (Å²) in [6.07, 6.45) is 0.0335. The molecule has 58 valence electrons. The average Bonchev–Trinajstić information content (AvgIpc) is 1.90. The van der Waals surface area contributed by atoms with E-state index < -0.39 is 15.9 Å². The molecular formula is C5H9NO3S. The summed E-state index contributed by atoms with van der Waals surface area (Å²) in [7, 11) is -2.58. The van der Waals surface area contributed by atoms with E-state index in [1.54, 1.807) is 0 Å². The van der Waals surface area contributed by atoms with E-state index in [1.165, 1.54) is 0 Å². The van der Waals surface area contributed by atoms with E-state index in [1.807, 2.05) is 0 Å². The van der Waals surface area contributed by atoms with Crippen molar-refractivity contribution in [2.45, 2.75) is 6.42 Å². The van der Waals surface area contributed by atoms with Gasteiger partial charge < -0.3 is 9.50 Å². The molecule has 0 radical (unpaired) electrons. The fourth-order valence-electron chi connectivity index (χ4n) is 0.692. The second kappa shape index (κ2) is 2.49. The number of carbonyl (C=O) groups is 1. The molecule has 1 unspecified atom stereocenters. The third kappa shape index (κ3) is 1.91. The third-order valence-electron chi connectivity index (χ3n) is 1.13. The number of hydrogen-bond donors (Lipinski definition) is 1. The molecule has 0 aromatic rings. The minimum Gasteiger partial charge on any atom is -0.357 e. The van der Waals surface area contributed by atoms with E-state index in [2.05, 4.69) is 15.4 Å². The van der Waals surface area contributed by atoms with Crippen molar-refractivity contribution in [3.05, 3.63) is 0 Å². The molecule has 4 nitrogen and oxygen atoms in total. The van der Waals surface area contributed by atoms with Gasteiger partial charge in [-0.1, -0.05) is 0 Å². The summed E-state index contributed by atoms with van der Waals surface area (Å²) >= 11 is 0. The molecule has 0 bridgehead atoms. The number of nitrogens with one attached hydrogen (secondary N) is 1. The van der Waals surface area contributed by atoms with Gasteiger partial charge in [-0.2, -0.15) is 0 Å². The van der Waals surface area contributed by atoms with Crippen molar-refractivity contribution in [1.82, 2.24) is 5.32 Å². The minimum atomic E-state index is -2.58. The topological polar surface area (TPSA) is 55.4 Å². The van der Waals surface area contributed by atoms with E-state index in [4.69, 9.17) is 0 Å². The van der Waals surface area contributed by atoms with Crippen molar-refractivity contribution in [3.8, 4) is 0 Å². The van der Waals surface area contributed by atoms with Crippen LogP contribution in [0, 0.1) is 0 Å². The quantitative estimate of drug-likeness (QED) is 0.501. The fraction of sp³-hybridized carbons (Fsp3) is 0.600. The molecule has 1 aliphatic rings. The van der Waals surface area contributed by atoms with Gasteiger partial charge in [0.15, 0.2) is 0 Å². The van der Waals surface area contributed by atoms with Gasteiger partial charge in [-0.3, -0.25) is 0 Å². The summed E-state index contributed by atoms with van der Waals surface area (Å²) in [6, 6.07) is 0. The van der Waals surface area contributed by atoms with Gasteiger partial charge >= 0.3 is 6.09 Å². The van der Waals surface area contributed by atoms with Crippen molar-refractivity contribution in [3.63, 3.8) is 0 Å². The first-order chi connectivity index (χ1) is 4.60. The Kier molecular flexibility index (Phi) is 1.85. The number of hydrogen-bond acceptors (Lipinski definition) is 3. The van der Waals surface area contributed by atoms with E-state index in [0.717, 1.165) is 0 Å². The van der Waals surface area contributed by atoms with Gasteiger partial charge in [0.2, 0.25) is 0 Å². The minimum absolute atomic E-state index is 0.353. The third-order valence-corrected chi connectivity index (χ3v) is 2.49. The zero-order valence-corrected chi connectivity index (χ0v) is 6.28. The standard InChI is InChI=1S/C5H9NO3S/c1-10(8)4-2-3-6-5(7)9-10/h1-4H2,(H,6,7). The maximum absolute atomic E-state index is 11.0. The molecule has 0 aromatic heterocycles. The largest absolute Gasteiger partial charge is 0.420 e. The van der Waals surface area contributed by atoms with Gasteiger partial charge in [0.05, 0.1) is 5.75 Å². The molecule has 1 atom stereocenters. The van der Waals surface area contributed by atoms with Crippen LogP contribution < -0.4 is 5.32 Å². The first-order valence-electron chi connectivity index (χ1n) is 2.92. The van der Waals surface area contributed by atoms with E-state index in [9.17, 15) is 9.00 Å². The van der Waals surface area contributed by atoms with Crippen LogP contribution in [0.1, 0.15) is 6.42 Å². The molecule has 1 saturated heterocycles. The highest BCUT2D eigenvalue weighted by molar-refractivity contribution is 7.96. The van der Waals surface area contributed by atoms with Crippen LogP contribution in [-0.4, -0.2) is 28.5 Å². The Balaban J connectivity index is 2.73.